The molecule has 2 aliphatic heterocycles. The maximum Gasteiger partial charge on any atom is 0.262 e. The summed E-state index contributed by atoms with van der Waals surface area (Å²) in [5.41, 5.74) is 16.6. The molecule has 0 aromatic heterocycles. The Hall–Kier alpha value is -4.59. The number of aromatic hydroxyl groups is 1. The Morgan fingerprint density at radius 2 is 1.80 bits per heavy atom. The zero-order valence-electron chi connectivity index (χ0n) is 22.3. The van der Waals surface area contributed by atoms with Crippen LogP contribution in [0.5, 0.6) is 5.75 Å². The Morgan fingerprint density at radius 3 is 2.51 bits per heavy atom. The number of carbonyl (C=O) groups excluding carboxylic acids is 2. The highest BCUT2D eigenvalue weighted by Crippen LogP contribution is 2.41. The smallest absolute Gasteiger partial charge is 0.262 e. The number of aliphatic hydroxyl groups excluding tert-OH is 1. The number of aliphatic hydroxyl groups is 1. The molecular weight excluding hydrogens is 586 g/mol. The van der Waals surface area contributed by atoms with Crippen molar-refractivity contribution in [2.24, 2.45) is 0 Å². The number of nitrogen functional groups attached to an aromatic ring is 2. The van der Waals surface area contributed by atoms with E-state index in [2.05, 4.69) is 33.0 Å². The van der Waals surface area contributed by atoms with Gasteiger partial charge in [-0.3, -0.25) is 14.5 Å². The van der Waals surface area contributed by atoms with Crippen molar-refractivity contribution in [1.82, 2.24) is 4.90 Å². The second-order valence-electron chi connectivity index (χ2n) is 10.1. The Labute approximate surface area is 245 Å². The highest BCUT2D eigenvalue weighted by molar-refractivity contribution is 9.10. The van der Waals surface area contributed by atoms with Crippen molar-refractivity contribution in [2.75, 3.05) is 36.5 Å². The normalized spacial score (nSPS) is 15.7. The van der Waals surface area contributed by atoms with Crippen LogP contribution in [0.15, 0.2) is 65.1 Å². The minimum absolute atomic E-state index is 0.178. The molecule has 0 fully saturated rings. The molecule has 0 saturated carbocycles. The summed E-state index contributed by atoms with van der Waals surface area (Å²) in [5, 5.41) is 31.0. The van der Waals surface area contributed by atoms with Crippen molar-refractivity contribution >= 4 is 55.6 Å². The van der Waals surface area contributed by atoms with Crippen molar-refractivity contribution < 1.29 is 19.8 Å². The number of phenolic OH excluding ortho intramolecular Hbond substituents is 1. The first-order valence-electron chi connectivity index (χ1n) is 13.0. The third-order valence-corrected chi connectivity index (χ3v) is 8.24. The minimum atomic E-state index is -0.419. The van der Waals surface area contributed by atoms with Crippen LogP contribution in [0, 0.1) is 11.3 Å². The van der Waals surface area contributed by atoms with E-state index in [1.54, 1.807) is 6.07 Å². The lowest BCUT2D eigenvalue weighted by atomic mass is 9.93. The van der Waals surface area contributed by atoms with Gasteiger partial charge in [-0.1, -0.05) is 42.5 Å². The molecule has 1 unspecified atom stereocenters. The minimum Gasteiger partial charge on any atom is -0.507 e. The van der Waals surface area contributed by atoms with E-state index in [4.69, 9.17) is 16.7 Å². The lowest BCUT2D eigenvalue weighted by Gasteiger charge is -2.35. The SMILES string of the molecule is CN1C(=O)c2cc(C#N)c(N)c(Br)c2C1=O.Nc1cc2c(c3cccc(O)c13)N(CCc1ccccc1)CC(O)C2. The molecule has 9 nitrogen and oxygen atoms in total. The topological polar surface area (TPSA) is 157 Å². The number of rotatable bonds is 3. The predicted molar refractivity (Wildman–Crippen MR) is 162 cm³/mol. The van der Waals surface area contributed by atoms with E-state index in [0.717, 1.165) is 34.5 Å². The van der Waals surface area contributed by atoms with Crippen LogP contribution in [0.25, 0.3) is 10.8 Å². The number of nitriles is 1. The second-order valence-corrected chi connectivity index (χ2v) is 10.9. The largest absolute Gasteiger partial charge is 0.507 e. The molecule has 208 valence electrons. The van der Waals surface area contributed by atoms with Crippen molar-refractivity contribution in [1.29, 1.82) is 5.26 Å². The van der Waals surface area contributed by atoms with Crippen LogP contribution >= 0.6 is 15.9 Å². The number of nitrogens with two attached hydrogens (primary N) is 2. The Bertz CT molecular complexity index is 1740. The first-order valence-corrected chi connectivity index (χ1v) is 13.8. The van der Waals surface area contributed by atoms with Gasteiger partial charge in [0.15, 0.2) is 0 Å². The van der Waals surface area contributed by atoms with Gasteiger partial charge in [0, 0.05) is 48.7 Å². The zero-order chi connectivity index (χ0) is 29.4. The first-order chi connectivity index (χ1) is 19.6. The molecule has 2 heterocycles. The number of anilines is 3. The zero-order valence-corrected chi connectivity index (χ0v) is 23.9. The van der Waals surface area contributed by atoms with Gasteiger partial charge < -0.3 is 26.6 Å². The summed E-state index contributed by atoms with van der Waals surface area (Å²) in [7, 11) is 1.39. The summed E-state index contributed by atoms with van der Waals surface area (Å²) in [6.07, 6.45) is 1.09. The van der Waals surface area contributed by atoms with E-state index in [0.29, 0.717) is 28.5 Å². The number of hydrogen-bond donors (Lipinski definition) is 4. The molecule has 1 atom stereocenters. The number of carbonyl (C=O) groups is 2. The van der Waals surface area contributed by atoms with E-state index in [-0.39, 0.29) is 28.1 Å². The fourth-order valence-corrected chi connectivity index (χ4v) is 6.02. The van der Waals surface area contributed by atoms with Crippen molar-refractivity contribution in [2.45, 2.75) is 18.9 Å². The summed E-state index contributed by atoms with van der Waals surface area (Å²) in [6, 6.07) is 21.0. The molecular formula is C31H28BrN5O4. The maximum absolute atomic E-state index is 11.7. The fourth-order valence-electron chi connectivity index (χ4n) is 5.42. The van der Waals surface area contributed by atoms with E-state index in [1.165, 1.54) is 18.7 Å². The number of fused-ring (bicyclic) bond motifs is 4. The molecule has 0 spiro atoms. The summed E-state index contributed by atoms with van der Waals surface area (Å²) in [4.78, 5) is 26.6. The molecule has 6 N–H and O–H groups in total. The summed E-state index contributed by atoms with van der Waals surface area (Å²) < 4.78 is 0.309. The van der Waals surface area contributed by atoms with Gasteiger partial charge in [0.05, 0.1) is 33.0 Å². The predicted octanol–water partition coefficient (Wildman–Crippen LogP) is 4.22. The summed E-state index contributed by atoms with van der Waals surface area (Å²) >= 11 is 3.14. The van der Waals surface area contributed by atoms with E-state index < -0.39 is 17.9 Å². The van der Waals surface area contributed by atoms with Crippen molar-refractivity contribution in [3.63, 3.8) is 0 Å². The van der Waals surface area contributed by atoms with Gasteiger partial charge >= 0.3 is 0 Å². The van der Waals surface area contributed by atoms with Gasteiger partial charge in [-0.15, -0.1) is 0 Å². The standard InChI is InChI=1S/C21H22N2O2.C10H6BrN3O2/c22-18-12-15-11-16(24)13-23(10-9-14-5-2-1-3-6-14)21(15)17-7-4-8-19(25)20(17)18;1-14-9(15)5-2-4(3-12)8(13)7(11)6(5)10(14)16/h1-8,12,16,24-25H,9-11,13,22H2;2H,13H2,1H3. The van der Waals surface area contributed by atoms with E-state index in [9.17, 15) is 19.8 Å². The number of halogens is 1. The third-order valence-electron chi connectivity index (χ3n) is 7.41. The third kappa shape index (κ3) is 5.06. The molecule has 41 heavy (non-hydrogen) atoms. The lowest BCUT2D eigenvalue weighted by molar-refractivity contribution is 0.0692. The average molecular weight is 615 g/mol. The molecule has 0 radical (unpaired) electrons. The van der Waals surface area contributed by atoms with Gasteiger partial charge in [0.1, 0.15) is 11.8 Å². The van der Waals surface area contributed by atoms with Gasteiger partial charge in [-0.25, -0.2) is 0 Å². The van der Waals surface area contributed by atoms with Gasteiger partial charge in [0.2, 0.25) is 0 Å². The molecule has 4 aromatic carbocycles. The highest BCUT2D eigenvalue weighted by atomic mass is 79.9. The van der Waals surface area contributed by atoms with Gasteiger partial charge in [-0.05, 0) is 51.7 Å². The number of phenols is 1. The van der Waals surface area contributed by atoms with Crippen LogP contribution in [0.3, 0.4) is 0 Å². The van der Waals surface area contributed by atoms with Crippen LogP contribution in [0.1, 0.15) is 37.4 Å². The quantitative estimate of drug-likeness (QED) is 0.197. The van der Waals surface area contributed by atoms with Crippen LogP contribution < -0.4 is 16.4 Å². The van der Waals surface area contributed by atoms with Crippen LogP contribution in [0.2, 0.25) is 0 Å². The molecule has 0 aliphatic carbocycles. The molecule has 4 aromatic rings. The maximum atomic E-state index is 11.7. The number of hydrogen-bond acceptors (Lipinski definition) is 8. The van der Waals surface area contributed by atoms with E-state index >= 15 is 0 Å². The van der Waals surface area contributed by atoms with Gasteiger partial charge in [-0.2, -0.15) is 5.26 Å². The molecule has 10 heteroatoms. The second kappa shape index (κ2) is 11.1. The molecule has 2 aliphatic rings. The van der Waals surface area contributed by atoms with Crippen molar-refractivity contribution in [3.05, 3.63) is 93.0 Å². The lowest BCUT2D eigenvalue weighted by Crippen LogP contribution is -2.39. The van der Waals surface area contributed by atoms with E-state index in [1.807, 2.05) is 42.5 Å². The van der Waals surface area contributed by atoms with Crippen LogP contribution in [-0.2, 0) is 12.8 Å². The van der Waals surface area contributed by atoms with Crippen molar-refractivity contribution in [3.8, 4) is 11.8 Å². The van der Waals surface area contributed by atoms with Crippen LogP contribution in [0.4, 0.5) is 17.1 Å². The van der Waals surface area contributed by atoms with Crippen LogP contribution in [-0.4, -0.2) is 53.2 Å². The average Bonchev–Trinajstić information content (AvgIpc) is 3.17. The number of nitrogens with zero attached hydrogens (tertiary/aromatic N) is 3. The van der Waals surface area contributed by atoms with Gasteiger partial charge in [0.25, 0.3) is 11.8 Å². The Morgan fingerprint density at radius 1 is 1.07 bits per heavy atom. The molecule has 0 bridgehead atoms. The molecule has 2 amide bonds. The summed E-state index contributed by atoms with van der Waals surface area (Å²) in [6.45, 7) is 1.40. The number of benzene rings is 4. The number of imide groups is 1. The molecule has 6 rings (SSSR count). The Balaban J connectivity index is 0.000000182. The summed E-state index contributed by atoms with van der Waals surface area (Å²) in [5.74, 6) is -0.632. The monoisotopic (exact) mass is 613 g/mol. The highest BCUT2D eigenvalue weighted by Gasteiger charge is 2.36. The first kappa shape index (κ1) is 28.0. The number of amides is 2. The fraction of sp³-hybridized carbons (Fsp3) is 0.194. The molecule has 0 saturated heterocycles. The number of β-amino-alcohol motifs (C(OH)–C–C–N with tert-alkyl or cyclic N) is 1. The Kier molecular flexibility index (Phi) is 7.58.